The van der Waals surface area contributed by atoms with Crippen molar-refractivity contribution in [2.24, 2.45) is 0 Å². The molecule has 18 heavy (non-hydrogen) atoms. The molecular formula is C13H16O5. The monoisotopic (exact) mass is 252 g/mol. The van der Waals surface area contributed by atoms with Crippen LogP contribution in [0.5, 0.6) is 11.5 Å². The largest absolute Gasteiger partial charge is 0.504 e. The summed E-state index contributed by atoms with van der Waals surface area (Å²) in [6.45, 7) is 2.96. The Morgan fingerprint density at radius 3 is 2.44 bits per heavy atom. The zero-order valence-electron chi connectivity index (χ0n) is 10.6. The van der Waals surface area contributed by atoms with Gasteiger partial charge in [0.05, 0.1) is 12.7 Å². The summed E-state index contributed by atoms with van der Waals surface area (Å²) >= 11 is 0. The summed E-state index contributed by atoms with van der Waals surface area (Å²) in [5, 5.41) is 19.0. The average molecular weight is 252 g/mol. The Balaban J connectivity index is 3.54. The molecule has 0 saturated heterocycles. The topological polar surface area (TPSA) is 83.8 Å². The van der Waals surface area contributed by atoms with Crippen molar-refractivity contribution in [1.29, 1.82) is 0 Å². The molecule has 0 aliphatic heterocycles. The van der Waals surface area contributed by atoms with Crippen LogP contribution in [0.25, 0.3) is 0 Å². The van der Waals surface area contributed by atoms with Crippen LogP contribution >= 0.6 is 0 Å². The fourth-order valence-electron chi connectivity index (χ4n) is 1.65. The molecule has 5 nitrogen and oxygen atoms in total. The Morgan fingerprint density at radius 2 is 2.00 bits per heavy atom. The molecule has 1 rings (SSSR count). The van der Waals surface area contributed by atoms with Gasteiger partial charge in [-0.2, -0.15) is 0 Å². The number of aromatic hydroxyl groups is 1. The van der Waals surface area contributed by atoms with E-state index in [-0.39, 0.29) is 34.8 Å². The molecule has 0 radical (unpaired) electrons. The molecule has 0 amide bonds. The van der Waals surface area contributed by atoms with Crippen molar-refractivity contribution in [3.05, 3.63) is 23.3 Å². The molecule has 1 atom stereocenters. The Labute approximate surface area is 105 Å². The Bertz CT molecular complexity index is 477. The van der Waals surface area contributed by atoms with E-state index in [4.69, 9.17) is 4.74 Å². The van der Waals surface area contributed by atoms with E-state index in [1.807, 2.05) is 0 Å². The van der Waals surface area contributed by atoms with Gasteiger partial charge in [-0.05, 0) is 19.1 Å². The third-order valence-corrected chi connectivity index (χ3v) is 2.59. The number of hydrogen-bond donors (Lipinski definition) is 2. The van der Waals surface area contributed by atoms with Gasteiger partial charge in [-0.15, -0.1) is 0 Å². The van der Waals surface area contributed by atoms with E-state index in [1.54, 1.807) is 6.92 Å². The number of carbonyl (C=O) groups excluding carboxylic acids is 2. The van der Waals surface area contributed by atoms with Crippen LogP contribution in [0.3, 0.4) is 0 Å². The summed E-state index contributed by atoms with van der Waals surface area (Å²) < 4.78 is 4.95. The number of methoxy groups -OCH3 is 1. The number of aliphatic hydroxyl groups is 1. The number of Topliss-reactive ketones (excluding diaryl/α,β-unsaturated/α-hetero) is 2. The van der Waals surface area contributed by atoms with Crippen molar-refractivity contribution < 1.29 is 24.5 Å². The van der Waals surface area contributed by atoms with E-state index in [0.29, 0.717) is 0 Å². The number of ketones is 2. The number of phenolic OH excluding ortho intramolecular Hbond substituents is 1. The Hall–Kier alpha value is -1.88. The summed E-state index contributed by atoms with van der Waals surface area (Å²) in [4.78, 5) is 23.7. The number of carbonyl (C=O) groups is 2. The standard InChI is InChI=1S/C13H16O5/c1-4-9(15)8-5-6-10(16)13(18-3)11(8)12(17)7(2)14/h5-7,14,16H,4H2,1-3H3. The van der Waals surface area contributed by atoms with Crippen molar-refractivity contribution in [3.8, 4) is 11.5 Å². The van der Waals surface area contributed by atoms with Gasteiger partial charge in [-0.1, -0.05) is 6.92 Å². The summed E-state index contributed by atoms with van der Waals surface area (Å²) in [5.41, 5.74) is 0.0809. The highest BCUT2D eigenvalue weighted by Gasteiger charge is 2.26. The van der Waals surface area contributed by atoms with Crippen molar-refractivity contribution in [3.63, 3.8) is 0 Å². The molecule has 0 spiro atoms. The zero-order chi connectivity index (χ0) is 13.9. The van der Waals surface area contributed by atoms with E-state index in [0.717, 1.165) is 0 Å². The van der Waals surface area contributed by atoms with Gasteiger partial charge in [0, 0.05) is 12.0 Å². The second kappa shape index (κ2) is 5.64. The number of rotatable bonds is 5. The van der Waals surface area contributed by atoms with Crippen molar-refractivity contribution >= 4 is 11.6 Å². The number of phenols is 1. The normalized spacial score (nSPS) is 12.0. The first kappa shape index (κ1) is 14.2. The SMILES string of the molecule is CCC(=O)c1ccc(O)c(OC)c1C(=O)C(C)O. The maximum absolute atomic E-state index is 11.9. The maximum Gasteiger partial charge on any atom is 0.195 e. The molecule has 2 N–H and O–H groups in total. The predicted octanol–water partition coefficient (Wildman–Crippen LogP) is 1.56. The number of hydrogen-bond acceptors (Lipinski definition) is 5. The van der Waals surface area contributed by atoms with Crippen LogP contribution in [0.15, 0.2) is 12.1 Å². The van der Waals surface area contributed by atoms with Crippen LogP contribution in [0.4, 0.5) is 0 Å². The fraction of sp³-hybridized carbons (Fsp3) is 0.385. The number of benzene rings is 1. The van der Waals surface area contributed by atoms with E-state index < -0.39 is 11.9 Å². The van der Waals surface area contributed by atoms with Crippen molar-refractivity contribution in [1.82, 2.24) is 0 Å². The molecule has 1 aromatic carbocycles. The molecule has 0 bridgehead atoms. The highest BCUT2D eigenvalue weighted by Crippen LogP contribution is 2.34. The minimum Gasteiger partial charge on any atom is -0.504 e. The molecule has 1 unspecified atom stereocenters. The summed E-state index contributed by atoms with van der Waals surface area (Å²) in [6, 6.07) is 2.65. The number of ether oxygens (including phenoxy) is 1. The second-order valence-electron chi connectivity index (χ2n) is 3.86. The average Bonchev–Trinajstić information content (AvgIpc) is 2.36. The Morgan fingerprint density at radius 1 is 1.39 bits per heavy atom. The summed E-state index contributed by atoms with van der Waals surface area (Å²) in [7, 11) is 1.29. The Kier molecular flexibility index (Phi) is 4.44. The molecule has 0 heterocycles. The van der Waals surface area contributed by atoms with Gasteiger partial charge in [-0.25, -0.2) is 0 Å². The third-order valence-electron chi connectivity index (χ3n) is 2.59. The molecular weight excluding hydrogens is 236 g/mol. The lowest BCUT2D eigenvalue weighted by molar-refractivity contribution is 0.0770. The van der Waals surface area contributed by atoms with Crippen LogP contribution in [0.2, 0.25) is 0 Å². The highest BCUT2D eigenvalue weighted by molar-refractivity contribution is 6.12. The van der Waals surface area contributed by atoms with Gasteiger partial charge < -0.3 is 14.9 Å². The van der Waals surface area contributed by atoms with E-state index >= 15 is 0 Å². The lowest BCUT2D eigenvalue weighted by Crippen LogP contribution is -2.20. The van der Waals surface area contributed by atoms with Crippen LogP contribution in [-0.4, -0.2) is 35.0 Å². The maximum atomic E-state index is 11.9. The van der Waals surface area contributed by atoms with Gasteiger partial charge in [0.1, 0.15) is 6.10 Å². The van der Waals surface area contributed by atoms with Gasteiger partial charge in [0.15, 0.2) is 23.1 Å². The molecule has 5 heteroatoms. The van der Waals surface area contributed by atoms with Crippen molar-refractivity contribution in [2.45, 2.75) is 26.4 Å². The highest BCUT2D eigenvalue weighted by atomic mass is 16.5. The van der Waals surface area contributed by atoms with Crippen LogP contribution in [0, 0.1) is 0 Å². The second-order valence-corrected chi connectivity index (χ2v) is 3.86. The van der Waals surface area contributed by atoms with Gasteiger partial charge in [-0.3, -0.25) is 9.59 Å². The predicted molar refractivity (Wildman–Crippen MR) is 65.3 cm³/mol. The van der Waals surface area contributed by atoms with E-state index in [9.17, 15) is 19.8 Å². The van der Waals surface area contributed by atoms with Crippen molar-refractivity contribution in [2.75, 3.05) is 7.11 Å². The minimum absolute atomic E-state index is 0.0700. The molecule has 0 aromatic heterocycles. The first-order valence-electron chi connectivity index (χ1n) is 5.59. The zero-order valence-corrected chi connectivity index (χ0v) is 10.6. The molecule has 98 valence electrons. The minimum atomic E-state index is -1.27. The summed E-state index contributed by atoms with van der Waals surface area (Å²) in [5.74, 6) is -1.23. The van der Waals surface area contributed by atoms with E-state index in [2.05, 4.69) is 0 Å². The van der Waals surface area contributed by atoms with Gasteiger partial charge in [0.2, 0.25) is 0 Å². The lowest BCUT2D eigenvalue weighted by atomic mass is 9.95. The first-order valence-corrected chi connectivity index (χ1v) is 5.59. The number of aliphatic hydroxyl groups excluding tert-OH is 1. The summed E-state index contributed by atoms with van der Waals surface area (Å²) in [6.07, 6.45) is -1.06. The molecule has 0 aliphatic rings. The first-order chi connectivity index (χ1) is 8.43. The quantitative estimate of drug-likeness (QED) is 0.777. The van der Waals surface area contributed by atoms with Gasteiger partial charge in [0.25, 0.3) is 0 Å². The van der Waals surface area contributed by atoms with E-state index in [1.165, 1.54) is 26.2 Å². The molecule has 0 aliphatic carbocycles. The lowest BCUT2D eigenvalue weighted by Gasteiger charge is -2.14. The van der Waals surface area contributed by atoms with Gasteiger partial charge >= 0.3 is 0 Å². The third kappa shape index (κ3) is 2.51. The molecule has 1 aromatic rings. The molecule has 0 saturated carbocycles. The van der Waals surface area contributed by atoms with Crippen LogP contribution in [-0.2, 0) is 0 Å². The van der Waals surface area contributed by atoms with Crippen LogP contribution in [0.1, 0.15) is 41.0 Å². The fourth-order valence-corrected chi connectivity index (χ4v) is 1.65. The van der Waals surface area contributed by atoms with Crippen LogP contribution < -0.4 is 4.74 Å². The smallest absolute Gasteiger partial charge is 0.195 e. The molecule has 0 fully saturated rings.